The standard InChI is InChI=1S/C17H19NO2/c1-3-4-13-5-8-15(9-6-13)18-16-10-7-14(17(19)20)11-12(16)2/h5-11,18H,3-4H2,1-2H3,(H,19,20). The summed E-state index contributed by atoms with van der Waals surface area (Å²) in [5.41, 5.74) is 4.50. The Labute approximate surface area is 119 Å². The highest BCUT2D eigenvalue weighted by molar-refractivity contribution is 5.88. The molecule has 0 spiro atoms. The van der Waals surface area contributed by atoms with Crippen LogP contribution in [0.5, 0.6) is 0 Å². The van der Waals surface area contributed by atoms with Crippen LogP contribution in [0.2, 0.25) is 0 Å². The lowest BCUT2D eigenvalue weighted by atomic mass is 10.1. The molecule has 0 atom stereocenters. The lowest BCUT2D eigenvalue weighted by Gasteiger charge is -2.11. The summed E-state index contributed by atoms with van der Waals surface area (Å²) in [7, 11) is 0. The monoisotopic (exact) mass is 269 g/mol. The fourth-order valence-corrected chi connectivity index (χ4v) is 2.14. The average Bonchev–Trinajstić information content (AvgIpc) is 2.43. The summed E-state index contributed by atoms with van der Waals surface area (Å²) in [4.78, 5) is 10.9. The zero-order chi connectivity index (χ0) is 14.5. The average molecular weight is 269 g/mol. The van der Waals surface area contributed by atoms with E-state index in [1.165, 1.54) is 5.56 Å². The van der Waals surface area contributed by atoms with Crippen LogP contribution in [0.4, 0.5) is 11.4 Å². The minimum Gasteiger partial charge on any atom is -0.478 e. The molecule has 2 aromatic rings. The van der Waals surface area contributed by atoms with Crippen LogP contribution in [-0.4, -0.2) is 11.1 Å². The van der Waals surface area contributed by atoms with E-state index in [0.29, 0.717) is 5.56 Å². The van der Waals surface area contributed by atoms with Crippen molar-refractivity contribution in [1.29, 1.82) is 0 Å². The highest BCUT2D eigenvalue weighted by Gasteiger charge is 2.05. The smallest absolute Gasteiger partial charge is 0.335 e. The molecule has 0 saturated carbocycles. The Morgan fingerprint density at radius 1 is 1.15 bits per heavy atom. The van der Waals surface area contributed by atoms with E-state index in [1.54, 1.807) is 18.2 Å². The summed E-state index contributed by atoms with van der Waals surface area (Å²) in [6.07, 6.45) is 2.23. The van der Waals surface area contributed by atoms with Crippen molar-refractivity contribution in [2.75, 3.05) is 5.32 Å². The molecule has 0 radical (unpaired) electrons. The molecule has 2 rings (SSSR count). The number of carboxylic acid groups (broad SMARTS) is 1. The van der Waals surface area contributed by atoms with Gasteiger partial charge < -0.3 is 10.4 Å². The van der Waals surface area contributed by atoms with Gasteiger partial charge in [-0.1, -0.05) is 25.5 Å². The molecule has 3 nitrogen and oxygen atoms in total. The summed E-state index contributed by atoms with van der Waals surface area (Å²) in [6, 6.07) is 13.4. The highest BCUT2D eigenvalue weighted by Crippen LogP contribution is 2.22. The van der Waals surface area contributed by atoms with Crippen LogP contribution in [-0.2, 0) is 6.42 Å². The second kappa shape index (κ2) is 6.24. The van der Waals surface area contributed by atoms with Crippen molar-refractivity contribution < 1.29 is 9.90 Å². The maximum absolute atomic E-state index is 10.9. The van der Waals surface area contributed by atoms with E-state index in [-0.39, 0.29) is 0 Å². The molecule has 104 valence electrons. The molecule has 0 heterocycles. The molecule has 0 aliphatic heterocycles. The van der Waals surface area contributed by atoms with Crippen LogP contribution < -0.4 is 5.32 Å². The normalized spacial score (nSPS) is 10.3. The maximum Gasteiger partial charge on any atom is 0.335 e. The summed E-state index contributed by atoms with van der Waals surface area (Å²) >= 11 is 0. The van der Waals surface area contributed by atoms with E-state index in [4.69, 9.17) is 5.11 Å². The van der Waals surface area contributed by atoms with Gasteiger partial charge >= 0.3 is 5.97 Å². The van der Waals surface area contributed by atoms with Crippen molar-refractivity contribution in [3.05, 3.63) is 59.2 Å². The number of aryl methyl sites for hydroxylation is 2. The number of carbonyl (C=O) groups is 1. The Hall–Kier alpha value is -2.29. The summed E-state index contributed by atoms with van der Waals surface area (Å²) in [6.45, 7) is 4.07. The first kappa shape index (κ1) is 14.1. The number of rotatable bonds is 5. The minimum absolute atomic E-state index is 0.311. The molecule has 2 N–H and O–H groups in total. The Bertz CT molecular complexity index is 603. The number of anilines is 2. The first-order valence-electron chi connectivity index (χ1n) is 6.80. The van der Waals surface area contributed by atoms with Crippen LogP contribution >= 0.6 is 0 Å². The second-order valence-electron chi connectivity index (χ2n) is 4.91. The molecule has 3 heteroatoms. The zero-order valence-electron chi connectivity index (χ0n) is 11.8. The maximum atomic E-state index is 10.9. The third-order valence-electron chi connectivity index (χ3n) is 3.24. The van der Waals surface area contributed by atoms with E-state index in [0.717, 1.165) is 29.8 Å². The molecular formula is C17H19NO2. The van der Waals surface area contributed by atoms with Gasteiger partial charge in [-0.05, 0) is 54.8 Å². The van der Waals surface area contributed by atoms with Crippen molar-refractivity contribution in [1.82, 2.24) is 0 Å². The number of nitrogens with one attached hydrogen (secondary N) is 1. The molecule has 0 bridgehead atoms. The number of benzene rings is 2. The quantitative estimate of drug-likeness (QED) is 0.846. The van der Waals surface area contributed by atoms with Crippen molar-refractivity contribution >= 4 is 17.3 Å². The Kier molecular flexibility index (Phi) is 4.41. The van der Waals surface area contributed by atoms with Crippen LogP contribution in [0.3, 0.4) is 0 Å². The molecular weight excluding hydrogens is 250 g/mol. The molecule has 0 aromatic heterocycles. The summed E-state index contributed by atoms with van der Waals surface area (Å²) < 4.78 is 0. The van der Waals surface area contributed by atoms with E-state index in [1.807, 2.05) is 6.92 Å². The van der Waals surface area contributed by atoms with Crippen molar-refractivity contribution in [3.8, 4) is 0 Å². The van der Waals surface area contributed by atoms with Crippen molar-refractivity contribution in [3.63, 3.8) is 0 Å². The van der Waals surface area contributed by atoms with Gasteiger partial charge in [0.05, 0.1) is 5.56 Å². The number of hydrogen-bond donors (Lipinski definition) is 2. The van der Waals surface area contributed by atoms with Gasteiger partial charge in [-0.15, -0.1) is 0 Å². The van der Waals surface area contributed by atoms with Gasteiger partial charge in [-0.25, -0.2) is 4.79 Å². The molecule has 0 fully saturated rings. The second-order valence-corrected chi connectivity index (χ2v) is 4.91. The van der Waals surface area contributed by atoms with Gasteiger partial charge in [0.25, 0.3) is 0 Å². The largest absolute Gasteiger partial charge is 0.478 e. The zero-order valence-corrected chi connectivity index (χ0v) is 11.8. The third kappa shape index (κ3) is 3.38. The van der Waals surface area contributed by atoms with Crippen molar-refractivity contribution in [2.45, 2.75) is 26.7 Å². The predicted molar refractivity (Wildman–Crippen MR) is 81.9 cm³/mol. The van der Waals surface area contributed by atoms with Gasteiger partial charge in [0.2, 0.25) is 0 Å². The molecule has 2 aromatic carbocycles. The molecule has 0 saturated heterocycles. The van der Waals surface area contributed by atoms with Gasteiger partial charge in [0.1, 0.15) is 0 Å². The fourth-order valence-electron chi connectivity index (χ4n) is 2.14. The van der Waals surface area contributed by atoms with Gasteiger partial charge in [-0.3, -0.25) is 0 Å². The minimum atomic E-state index is -0.899. The van der Waals surface area contributed by atoms with Gasteiger partial charge in [-0.2, -0.15) is 0 Å². The fraction of sp³-hybridized carbons (Fsp3) is 0.235. The summed E-state index contributed by atoms with van der Waals surface area (Å²) in [5, 5.41) is 12.3. The molecule has 0 amide bonds. The topological polar surface area (TPSA) is 49.3 Å². The lowest BCUT2D eigenvalue weighted by molar-refractivity contribution is 0.0697. The Morgan fingerprint density at radius 3 is 2.40 bits per heavy atom. The van der Waals surface area contributed by atoms with Crippen LogP contribution in [0.1, 0.15) is 34.8 Å². The number of aromatic carboxylic acids is 1. The molecule has 20 heavy (non-hydrogen) atoms. The number of carboxylic acids is 1. The summed E-state index contributed by atoms with van der Waals surface area (Å²) in [5.74, 6) is -0.899. The predicted octanol–water partition coefficient (Wildman–Crippen LogP) is 4.39. The molecule has 0 unspecified atom stereocenters. The lowest BCUT2D eigenvalue weighted by Crippen LogP contribution is -1.99. The van der Waals surface area contributed by atoms with Crippen LogP contribution in [0, 0.1) is 6.92 Å². The van der Waals surface area contributed by atoms with E-state index >= 15 is 0 Å². The highest BCUT2D eigenvalue weighted by atomic mass is 16.4. The SMILES string of the molecule is CCCc1ccc(Nc2ccc(C(=O)O)cc2C)cc1. The van der Waals surface area contributed by atoms with Crippen molar-refractivity contribution in [2.24, 2.45) is 0 Å². The molecule has 0 aliphatic carbocycles. The van der Waals surface area contributed by atoms with Gasteiger partial charge in [0, 0.05) is 11.4 Å². The number of hydrogen-bond acceptors (Lipinski definition) is 2. The first-order chi connectivity index (χ1) is 9.60. The van der Waals surface area contributed by atoms with E-state index in [9.17, 15) is 4.79 Å². The third-order valence-corrected chi connectivity index (χ3v) is 3.24. The Balaban J connectivity index is 2.15. The van der Waals surface area contributed by atoms with E-state index in [2.05, 4.69) is 36.5 Å². The first-order valence-corrected chi connectivity index (χ1v) is 6.80. The van der Waals surface area contributed by atoms with Crippen LogP contribution in [0.15, 0.2) is 42.5 Å². The van der Waals surface area contributed by atoms with E-state index < -0.39 is 5.97 Å². The Morgan fingerprint density at radius 2 is 1.85 bits per heavy atom. The van der Waals surface area contributed by atoms with Crippen LogP contribution in [0.25, 0.3) is 0 Å². The molecule has 0 aliphatic rings. The van der Waals surface area contributed by atoms with Gasteiger partial charge in [0.15, 0.2) is 0 Å².